The average Bonchev–Trinajstić information content (AvgIpc) is 2.37. The summed E-state index contributed by atoms with van der Waals surface area (Å²) in [6.45, 7) is 0. The van der Waals surface area contributed by atoms with Gasteiger partial charge >= 0.3 is 9.08 Å². The normalized spacial score (nSPS) is 31.8. The number of nitrogens with zero attached hydrogens (tertiary/aromatic N) is 1. The maximum absolute atomic E-state index is 12.6. The first kappa shape index (κ1) is 7.60. The third kappa shape index (κ3) is 0.726. The number of nitrogens with one attached hydrogen (secondary N) is 1. The molecule has 0 fully saturated rings. The Labute approximate surface area is 68.0 Å². The van der Waals surface area contributed by atoms with Gasteiger partial charge in [0, 0.05) is 11.8 Å². The Kier molecular flexibility index (Phi) is 1.27. The van der Waals surface area contributed by atoms with Crippen molar-refractivity contribution in [2.75, 3.05) is 0 Å². The Hall–Kier alpha value is -1.04. The molecule has 0 amide bonds. The van der Waals surface area contributed by atoms with Crippen LogP contribution in [0, 0.1) is 0 Å². The minimum absolute atomic E-state index is 0.210. The second-order valence-electron chi connectivity index (χ2n) is 2.59. The van der Waals surface area contributed by atoms with E-state index in [9.17, 15) is 12.3 Å². The molecule has 6 heteroatoms. The second kappa shape index (κ2) is 2.01. The highest BCUT2D eigenvalue weighted by Crippen LogP contribution is 2.38. The zero-order valence-electron chi connectivity index (χ0n) is 5.89. The van der Waals surface area contributed by atoms with Crippen molar-refractivity contribution < 1.29 is 12.3 Å². The molecule has 0 bridgehead atoms. The maximum atomic E-state index is 12.6. The van der Waals surface area contributed by atoms with Crippen molar-refractivity contribution in [1.82, 2.24) is 5.32 Å². The number of allylic oxidation sites excluding steroid dienone is 1. The molecule has 1 N–H and O–H groups in total. The average molecular weight is 190 g/mol. The Morgan fingerprint density at radius 2 is 2.17 bits per heavy atom. The molecular weight excluding hydrogens is 185 g/mol. The van der Waals surface area contributed by atoms with Crippen LogP contribution in [0.15, 0.2) is 28.9 Å². The van der Waals surface area contributed by atoms with Crippen molar-refractivity contribution in [2.45, 2.75) is 5.29 Å². The summed E-state index contributed by atoms with van der Waals surface area (Å²) in [6, 6.07) is 0. The van der Waals surface area contributed by atoms with Crippen LogP contribution < -0.4 is 5.32 Å². The van der Waals surface area contributed by atoms with E-state index in [4.69, 9.17) is 0 Å². The van der Waals surface area contributed by atoms with Gasteiger partial charge in [0.2, 0.25) is 5.29 Å². The molecule has 0 saturated carbocycles. The number of fused-ring (bicyclic) bond motifs is 1. The van der Waals surface area contributed by atoms with Crippen LogP contribution in [0.1, 0.15) is 0 Å². The lowest BCUT2D eigenvalue weighted by Crippen LogP contribution is -2.55. The highest BCUT2D eigenvalue weighted by atomic mass is 28.5. The fourth-order valence-electron chi connectivity index (χ4n) is 1.29. The quantitative estimate of drug-likeness (QED) is 0.487. The number of hydrogen-bond donors (Lipinski definition) is 1. The standard InChI is InChI=1S/C6H5F3N2Si/c7-12(8,9)6-5(1-3-10-6)2-4-11-6/h1-4,10H. The molecule has 0 aromatic rings. The van der Waals surface area contributed by atoms with Gasteiger partial charge in [-0.05, 0) is 18.4 Å². The lowest BCUT2D eigenvalue weighted by atomic mass is 10.2. The van der Waals surface area contributed by atoms with E-state index < -0.39 is 14.4 Å². The van der Waals surface area contributed by atoms with Crippen LogP contribution in [0.25, 0.3) is 0 Å². The van der Waals surface area contributed by atoms with Gasteiger partial charge in [0.05, 0.1) is 0 Å². The van der Waals surface area contributed by atoms with E-state index >= 15 is 0 Å². The van der Waals surface area contributed by atoms with Gasteiger partial charge in [-0.15, -0.1) is 0 Å². The lowest BCUT2D eigenvalue weighted by molar-refractivity contribution is 0.385. The van der Waals surface area contributed by atoms with Gasteiger partial charge in [0.25, 0.3) is 0 Å². The predicted octanol–water partition coefficient (Wildman–Crippen LogP) is 1.20. The van der Waals surface area contributed by atoms with Gasteiger partial charge < -0.3 is 5.32 Å². The van der Waals surface area contributed by atoms with Crippen LogP contribution in [-0.4, -0.2) is 20.6 Å². The van der Waals surface area contributed by atoms with Gasteiger partial charge in [-0.3, -0.25) is 4.99 Å². The Bertz CT molecular complexity index is 304. The molecule has 1 atom stereocenters. The van der Waals surface area contributed by atoms with E-state index in [2.05, 4.69) is 10.3 Å². The molecule has 2 heterocycles. The van der Waals surface area contributed by atoms with Gasteiger partial charge in [-0.1, -0.05) is 0 Å². The molecule has 0 aromatic carbocycles. The summed E-state index contributed by atoms with van der Waals surface area (Å²) in [6.07, 6.45) is 5.29. The van der Waals surface area contributed by atoms with Crippen molar-refractivity contribution in [3.8, 4) is 0 Å². The topological polar surface area (TPSA) is 24.4 Å². The summed E-state index contributed by atoms with van der Waals surface area (Å²) in [5.41, 5.74) is 0.210. The molecule has 2 aliphatic heterocycles. The van der Waals surface area contributed by atoms with Gasteiger partial charge in [-0.25, -0.2) is 12.3 Å². The van der Waals surface area contributed by atoms with Crippen LogP contribution in [0.2, 0.25) is 0 Å². The second-order valence-corrected chi connectivity index (χ2v) is 4.31. The van der Waals surface area contributed by atoms with E-state index in [0.29, 0.717) is 0 Å². The van der Waals surface area contributed by atoms with Gasteiger partial charge in [0.15, 0.2) is 0 Å². The zero-order valence-corrected chi connectivity index (χ0v) is 6.89. The molecular formula is C6H5F3N2Si. The van der Waals surface area contributed by atoms with E-state index in [1.54, 1.807) is 0 Å². The molecule has 12 heavy (non-hydrogen) atoms. The fourth-order valence-corrected chi connectivity index (χ4v) is 2.25. The first-order valence-electron chi connectivity index (χ1n) is 3.33. The van der Waals surface area contributed by atoms with Crippen molar-refractivity contribution in [2.24, 2.45) is 4.99 Å². The summed E-state index contributed by atoms with van der Waals surface area (Å²) in [5, 5.41) is 0.213. The molecule has 0 saturated heterocycles. The lowest BCUT2D eigenvalue weighted by Gasteiger charge is -2.24. The third-order valence-electron chi connectivity index (χ3n) is 1.91. The van der Waals surface area contributed by atoms with E-state index in [1.165, 1.54) is 24.6 Å². The van der Waals surface area contributed by atoms with Gasteiger partial charge in [0.1, 0.15) is 0 Å². The van der Waals surface area contributed by atoms with Crippen molar-refractivity contribution in [3.05, 3.63) is 23.9 Å². The monoisotopic (exact) mass is 190 g/mol. The van der Waals surface area contributed by atoms with Crippen molar-refractivity contribution in [1.29, 1.82) is 0 Å². The highest BCUT2D eigenvalue weighted by molar-refractivity contribution is 6.64. The molecule has 0 aromatic heterocycles. The van der Waals surface area contributed by atoms with E-state index in [0.717, 1.165) is 0 Å². The summed E-state index contributed by atoms with van der Waals surface area (Å²) in [5.74, 6) is 0. The molecule has 64 valence electrons. The SMILES string of the molecule is F[Si](F)(F)C12N=CC=C1C=CN2. The minimum Gasteiger partial charge on any atom is -0.359 e. The molecule has 2 nitrogen and oxygen atoms in total. The first-order chi connectivity index (χ1) is 5.56. The Morgan fingerprint density at radius 3 is 2.75 bits per heavy atom. The molecule has 2 rings (SSSR count). The van der Waals surface area contributed by atoms with Crippen LogP contribution in [0.4, 0.5) is 12.3 Å². The summed E-state index contributed by atoms with van der Waals surface area (Å²) >= 11 is 0. The zero-order chi connectivity index (χ0) is 8.82. The third-order valence-corrected chi connectivity index (χ3v) is 3.29. The van der Waals surface area contributed by atoms with Crippen LogP contribution in [0.5, 0.6) is 0 Å². The van der Waals surface area contributed by atoms with Crippen LogP contribution in [0.3, 0.4) is 0 Å². The molecule has 0 radical (unpaired) electrons. The molecule has 0 aliphatic carbocycles. The largest absolute Gasteiger partial charge is 0.672 e. The number of hydrogen-bond acceptors (Lipinski definition) is 2. The molecule has 1 unspecified atom stereocenters. The summed E-state index contributed by atoms with van der Waals surface area (Å²) in [4.78, 5) is 3.45. The Balaban J connectivity index is 2.46. The molecule has 2 aliphatic rings. The summed E-state index contributed by atoms with van der Waals surface area (Å²) in [7, 11) is -5.81. The van der Waals surface area contributed by atoms with Crippen molar-refractivity contribution >= 4 is 15.3 Å². The maximum Gasteiger partial charge on any atom is 0.672 e. The number of aliphatic imine (C=N–C) groups is 1. The fraction of sp³-hybridized carbons (Fsp3) is 0.167. The number of rotatable bonds is 1. The number of halogens is 3. The first-order valence-corrected chi connectivity index (χ1v) is 4.97. The van der Waals surface area contributed by atoms with Crippen molar-refractivity contribution in [3.63, 3.8) is 0 Å². The summed E-state index contributed by atoms with van der Waals surface area (Å²) < 4.78 is 37.8. The van der Waals surface area contributed by atoms with Crippen LogP contribution in [-0.2, 0) is 0 Å². The molecule has 0 spiro atoms. The van der Waals surface area contributed by atoms with Crippen LogP contribution >= 0.6 is 0 Å². The highest BCUT2D eigenvalue weighted by Gasteiger charge is 2.65. The predicted molar refractivity (Wildman–Crippen MR) is 40.7 cm³/mol. The van der Waals surface area contributed by atoms with E-state index in [1.807, 2.05) is 0 Å². The smallest absolute Gasteiger partial charge is 0.359 e. The Morgan fingerprint density at radius 1 is 1.42 bits per heavy atom. The van der Waals surface area contributed by atoms with Gasteiger partial charge in [-0.2, -0.15) is 0 Å². The minimum atomic E-state index is -5.81. The van der Waals surface area contributed by atoms with E-state index in [-0.39, 0.29) is 5.57 Å².